The second kappa shape index (κ2) is 9.99. The van der Waals surface area contributed by atoms with Gasteiger partial charge in [-0.3, -0.25) is 19.7 Å². The number of hydrogen-bond donors (Lipinski definition) is 2. The number of carbonyl (C=O) groups is 2. The van der Waals surface area contributed by atoms with Gasteiger partial charge in [-0.2, -0.15) is 0 Å². The quantitative estimate of drug-likeness (QED) is 0.532. The van der Waals surface area contributed by atoms with Crippen LogP contribution in [0.3, 0.4) is 0 Å². The van der Waals surface area contributed by atoms with Crippen molar-refractivity contribution >= 4 is 23.2 Å². The van der Waals surface area contributed by atoms with Gasteiger partial charge in [-0.15, -0.1) is 0 Å². The third-order valence-corrected chi connectivity index (χ3v) is 6.47. The molecule has 0 aromatic heterocycles. The molecule has 1 aliphatic heterocycles. The standard InChI is InChI=1S/C24H29N5O4/c25-19-7-9-20(10-8-19)26-23(30)18-6-11-21(22(16-18)29(32)33)27-12-14-28(15-13-27)24(31)17-4-2-1-3-5-17/h1-6,11,16,19-20H,7-10,12-15,25H2,(H,26,30). The molecule has 2 fully saturated rings. The molecule has 1 saturated carbocycles. The summed E-state index contributed by atoms with van der Waals surface area (Å²) in [6.07, 6.45) is 3.36. The number of benzene rings is 2. The van der Waals surface area contributed by atoms with Gasteiger partial charge < -0.3 is 20.9 Å². The molecule has 4 rings (SSSR count). The van der Waals surface area contributed by atoms with Crippen molar-refractivity contribution in [3.8, 4) is 0 Å². The fraction of sp³-hybridized carbons (Fsp3) is 0.417. The molecule has 2 aromatic rings. The summed E-state index contributed by atoms with van der Waals surface area (Å²) in [5.41, 5.74) is 7.19. The largest absolute Gasteiger partial charge is 0.362 e. The van der Waals surface area contributed by atoms with Gasteiger partial charge in [0, 0.05) is 55.5 Å². The summed E-state index contributed by atoms with van der Waals surface area (Å²) in [6, 6.07) is 13.9. The molecule has 0 spiro atoms. The molecule has 3 N–H and O–H groups in total. The van der Waals surface area contributed by atoms with Gasteiger partial charge in [0.15, 0.2) is 0 Å². The Bertz CT molecular complexity index is 1010. The van der Waals surface area contributed by atoms with Gasteiger partial charge in [0.25, 0.3) is 17.5 Å². The number of anilines is 1. The SMILES string of the molecule is NC1CCC(NC(=O)c2ccc(N3CCN(C(=O)c4ccccc4)CC3)c([N+](=O)[O-])c2)CC1. The van der Waals surface area contributed by atoms with Gasteiger partial charge in [-0.1, -0.05) is 18.2 Å². The lowest BCUT2D eigenvalue weighted by Gasteiger charge is -2.36. The summed E-state index contributed by atoms with van der Waals surface area (Å²) in [4.78, 5) is 40.4. The fourth-order valence-electron chi connectivity index (χ4n) is 4.52. The highest BCUT2D eigenvalue weighted by Crippen LogP contribution is 2.30. The summed E-state index contributed by atoms with van der Waals surface area (Å²) in [5.74, 6) is -0.344. The number of nitrogens with zero attached hydrogens (tertiary/aromatic N) is 3. The first kappa shape index (κ1) is 22.7. The summed E-state index contributed by atoms with van der Waals surface area (Å²) in [6.45, 7) is 1.90. The fourth-order valence-corrected chi connectivity index (χ4v) is 4.52. The number of rotatable bonds is 5. The maximum atomic E-state index is 12.7. The van der Waals surface area contributed by atoms with Gasteiger partial charge >= 0.3 is 0 Å². The lowest BCUT2D eigenvalue weighted by molar-refractivity contribution is -0.384. The first-order chi connectivity index (χ1) is 15.9. The first-order valence-corrected chi connectivity index (χ1v) is 11.4. The average Bonchev–Trinajstić information content (AvgIpc) is 2.85. The van der Waals surface area contributed by atoms with Crippen molar-refractivity contribution in [2.24, 2.45) is 5.73 Å². The first-order valence-electron chi connectivity index (χ1n) is 11.4. The lowest BCUT2D eigenvalue weighted by Crippen LogP contribution is -2.49. The zero-order chi connectivity index (χ0) is 23.4. The van der Waals surface area contributed by atoms with Gasteiger partial charge in [0.1, 0.15) is 5.69 Å². The van der Waals surface area contributed by atoms with Crippen molar-refractivity contribution in [3.05, 3.63) is 69.8 Å². The number of amides is 2. The van der Waals surface area contributed by atoms with Gasteiger partial charge in [-0.25, -0.2) is 0 Å². The number of nitro benzene ring substituents is 1. The molecule has 1 heterocycles. The zero-order valence-electron chi connectivity index (χ0n) is 18.5. The molecular weight excluding hydrogens is 422 g/mol. The van der Waals surface area contributed by atoms with Crippen LogP contribution in [0.2, 0.25) is 0 Å². The van der Waals surface area contributed by atoms with E-state index in [1.165, 1.54) is 6.07 Å². The number of nitrogens with two attached hydrogens (primary N) is 1. The summed E-state index contributed by atoms with van der Waals surface area (Å²) < 4.78 is 0. The second-order valence-corrected chi connectivity index (χ2v) is 8.69. The molecule has 174 valence electrons. The number of piperazine rings is 1. The Kier molecular flexibility index (Phi) is 6.88. The molecule has 2 amide bonds. The van der Waals surface area contributed by atoms with Crippen molar-refractivity contribution in [3.63, 3.8) is 0 Å². The van der Waals surface area contributed by atoms with Crippen LogP contribution in [0.4, 0.5) is 11.4 Å². The van der Waals surface area contributed by atoms with Crippen molar-refractivity contribution in [2.45, 2.75) is 37.8 Å². The zero-order valence-corrected chi connectivity index (χ0v) is 18.5. The molecule has 9 heteroatoms. The smallest absolute Gasteiger partial charge is 0.293 e. The van der Waals surface area contributed by atoms with Crippen LogP contribution in [0.15, 0.2) is 48.5 Å². The number of nitrogens with one attached hydrogen (secondary N) is 1. The predicted molar refractivity (Wildman–Crippen MR) is 125 cm³/mol. The summed E-state index contributed by atoms with van der Waals surface area (Å²) >= 11 is 0. The molecule has 33 heavy (non-hydrogen) atoms. The minimum absolute atomic E-state index is 0.0413. The Hall–Kier alpha value is -3.46. The number of carbonyl (C=O) groups excluding carboxylic acids is 2. The van der Waals surface area contributed by atoms with E-state index in [-0.39, 0.29) is 35.1 Å². The maximum absolute atomic E-state index is 12.7. The van der Waals surface area contributed by atoms with E-state index in [4.69, 9.17) is 5.73 Å². The highest BCUT2D eigenvalue weighted by Gasteiger charge is 2.28. The van der Waals surface area contributed by atoms with Crippen LogP contribution in [0, 0.1) is 10.1 Å². The van der Waals surface area contributed by atoms with E-state index < -0.39 is 4.92 Å². The molecule has 0 unspecified atom stereocenters. The Morgan fingerprint density at radius 3 is 2.24 bits per heavy atom. The van der Waals surface area contributed by atoms with Crippen LogP contribution in [0.25, 0.3) is 0 Å². The van der Waals surface area contributed by atoms with Crippen LogP contribution in [-0.4, -0.2) is 59.9 Å². The lowest BCUT2D eigenvalue weighted by atomic mass is 9.91. The van der Waals surface area contributed by atoms with Gasteiger partial charge in [0.05, 0.1) is 4.92 Å². The van der Waals surface area contributed by atoms with Gasteiger partial charge in [-0.05, 0) is 49.9 Å². The maximum Gasteiger partial charge on any atom is 0.293 e. The van der Waals surface area contributed by atoms with Crippen LogP contribution < -0.4 is 16.0 Å². The van der Waals surface area contributed by atoms with Crippen LogP contribution in [0.1, 0.15) is 46.4 Å². The van der Waals surface area contributed by atoms with E-state index in [9.17, 15) is 19.7 Å². The molecule has 0 atom stereocenters. The highest BCUT2D eigenvalue weighted by atomic mass is 16.6. The van der Waals surface area contributed by atoms with E-state index in [2.05, 4.69) is 5.32 Å². The molecule has 2 aliphatic rings. The number of hydrogen-bond acceptors (Lipinski definition) is 6. The monoisotopic (exact) mass is 451 g/mol. The average molecular weight is 452 g/mol. The predicted octanol–water partition coefficient (Wildman–Crippen LogP) is 2.56. The Labute approximate surface area is 192 Å². The van der Waals surface area contributed by atoms with Crippen LogP contribution in [0.5, 0.6) is 0 Å². The normalized spacial score (nSPS) is 20.9. The van der Waals surface area contributed by atoms with E-state index in [1.807, 2.05) is 23.1 Å². The molecule has 9 nitrogen and oxygen atoms in total. The van der Waals surface area contributed by atoms with E-state index in [0.29, 0.717) is 37.4 Å². The highest BCUT2D eigenvalue weighted by molar-refractivity contribution is 5.96. The summed E-state index contributed by atoms with van der Waals surface area (Å²) in [5, 5.41) is 14.8. The summed E-state index contributed by atoms with van der Waals surface area (Å²) in [7, 11) is 0. The Morgan fingerprint density at radius 2 is 1.61 bits per heavy atom. The molecule has 0 bridgehead atoms. The third kappa shape index (κ3) is 5.31. The Balaban J connectivity index is 1.42. The third-order valence-electron chi connectivity index (χ3n) is 6.47. The second-order valence-electron chi connectivity index (χ2n) is 8.69. The number of nitro groups is 1. The van der Waals surface area contributed by atoms with Crippen LogP contribution in [-0.2, 0) is 0 Å². The minimum atomic E-state index is -0.451. The molecule has 2 aromatic carbocycles. The van der Waals surface area contributed by atoms with Crippen molar-refractivity contribution in [1.82, 2.24) is 10.2 Å². The molecule has 1 saturated heterocycles. The van der Waals surface area contributed by atoms with Crippen molar-refractivity contribution in [2.75, 3.05) is 31.1 Å². The van der Waals surface area contributed by atoms with E-state index in [0.717, 1.165) is 25.7 Å². The molecule has 0 radical (unpaired) electrons. The topological polar surface area (TPSA) is 122 Å². The molecular formula is C24H29N5O4. The Morgan fingerprint density at radius 1 is 0.939 bits per heavy atom. The van der Waals surface area contributed by atoms with Crippen molar-refractivity contribution in [1.29, 1.82) is 0 Å². The van der Waals surface area contributed by atoms with Crippen LogP contribution >= 0.6 is 0 Å². The van der Waals surface area contributed by atoms with E-state index >= 15 is 0 Å². The molecule has 1 aliphatic carbocycles. The van der Waals surface area contributed by atoms with Gasteiger partial charge in [0.2, 0.25) is 0 Å². The minimum Gasteiger partial charge on any atom is -0.362 e. The van der Waals surface area contributed by atoms with Crippen molar-refractivity contribution < 1.29 is 14.5 Å². The van der Waals surface area contributed by atoms with E-state index in [1.54, 1.807) is 29.2 Å².